The molecule has 0 aliphatic carbocycles. The lowest BCUT2D eigenvalue weighted by atomic mass is 10.3. The minimum atomic E-state index is 0.0926. The largest absolute Gasteiger partial charge is 0.359 e. The molecule has 4 heteroatoms. The molecule has 0 aromatic heterocycles. The second-order valence-corrected chi connectivity index (χ2v) is 3.53. The quantitative estimate of drug-likeness (QED) is 0.827. The van der Waals surface area contributed by atoms with E-state index in [-0.39, 0.29) is 17.5 Å². The zero-order valence-electron chi connectivity index (χ0n) is 12.1. The van der Waals surface area contributed by atoms with Crippen LogP contribution in [0.4, 0.5) is 0 Å². The van der Waals surface area contributed by atoms with Crippen LogP contribution in [0.15, 0.2) is 0 Å². The first-order valence-electron chi connectivity index (χ1n) is 6.04. The SMILES string of the molecule is CCC(=O)NC.CCC(C)=O.CCCC(C)=O. The number of ketones is 2. The Hall–Kier alpha value is -1.19. The van der Waals surface area contributed by atoms with Crippen molar-refractivity contribution < 1.29 is 14.4 Å². The van der Waals surface area contributed by atoms with Gasteiger partial charge in [-0.3, -0.25) is 4.79 Å². The lowest BCUT2D eigenvalue weighted by Gasteiger charge is -1.87. The van der Waals surface area contributed by atoms with Gasteiger partial charge in [0.25, 0.3) is 0 Å². The fourth-order valence-electron chi connectivity index (χ4n) is 0.529. The highest BCUT2D eigenvalue weighted by molar-refractivity contribution is 5.75. The van der Waals surface area contributed by atoms with Crippen LogP contribution in [-0.4, -0.2) is 24.5 Å². The Morgan fingerprint density at radius 3 is 1.29 bits per heavy atom. The summed E-state index contributed by atoms with van der Waals surface area (Å²) < 4.78 is 0. The highest BCUT2D eigenvalue weighted by atomic mass is 16.1. The Labute approximate surface area is 105 Å². The van der Waals surface area contributed by atoms with Crippen molar-refractivity contribution in [2.45, 2.75) is 60.3 Å². The third-order valence-corrected chi connectivity index (χ3v) is 1.70. The van der Waals surface area contributed by atoms with Crippen molar-refractivity contribution >= 4 is 17.5 Å². The van der Waals surface area contributed by atoms with Gasteiger partial charge in [0.15, 0.2) is 0 Å². The van der Waals surface area contributed by atoms with Crippen molar-refractivity contribution in [3.63, 3.8) is 0 Å². The molecule has 0 bridgehead atoms. The van der Waals surface area contributed by atoms with E-state index in [1.165, 1.54) is 0 Å². The molecule has 0 saturated heterocycles. The molecule has 0 aromatic carbocycles. The second kappa shape index (κ2) is 17.2. The van der Waals surface area contributed by atoms with Crippen LogP contribution in [0.25, 0.3) is 0 Å². The molecule has 0 aliphatic rings. The van der Waals surface area contributed by atoms with Crippen molar-refractivity contribution in [3.05, 3.63) is 0 Å². The van der Waals surface area contributed by atoms with Gasteiger partial charge in [0.1, 0.15) is 11.6 Å². The summed E-state index contributed by atoms with van der Waals surface area (Å²) >= 11 is 0. The molecule has 0 aliphatic heterocycles. The van der Waals surface area contributed by atoms with Gasteiger partial charge in [0, 0.05) is 26.3 Å². The molecule has 4 nitrogen and oxygen atoms in total. The highest BCUT2D eigenvalue weighted by Crippen LogP contribution is 1.84. The monoisotopic (exact) mass is 245 g/mol. The molecule has 0 fully saturated rings. The molecular weight excluding hydrogens is 218 g/mol. The van der Waals surface area contributed by atoms with Gasteiger partial charge in [0.2, 0.25) is 5.91 Å². The van der Waals surface area contributed by atoms with Gasteiger partial charge in [-0.1, -0.05) is 20.8 Å². The average Bonchev–Trinajstić information content (AvgIpc) is 2.29. The van der Waals surface area contributed by atoms with Gasteiger partial charge >= 0.3 is 0 Å². The molecule has 0 rings (SSSR count). The van der Waals surface area contributed by atoms with E-state index in [2.05, 4.69) is 5.32 Å². The molecule has 0 unspecified atom stereocenters. The highest BCUT2D eigenvalue weighted by Gasteiger charge is 1.84. The van der Waals surface area contributed by atoms with Crippen LogP contribution in [0.5, 0.6) is 0 Å². The van der Waals surface area contributed by atoms with E-state index in [0.29, 0.717) is 12.8 Å². The van der Waals surface area contributed by atoms with Gasteiger partial charge in [-0.05, 0) is 20.3 Å². The van der Waals surface area contributed by atoms with Crippen LogP contribution in [0.2, 0.25) is 0 Å². The third kappa shape index (κ3) is 39.8. The number of hydrogen-bond donors (Lipinski definition) is 1. The number of rotatable bonds is 4. The first-order chi connectivity index (χ1) is 7.85. The van der Waals surface area contributed by atoms with E-state index < -0.39 is 0 Å². The van der Waals surface area contributed by atoms with Crippen LogP contribution >= 0.6 is 0 Å². The van der Waals surface area contributed by atoms with Gasteiger partial charge in [0.05, 0.1) is 0 Å². The number of Topliss-reactive ketones (excluding diaryl/α,β-unsaturated/α-hetero) is 2. The molecule has 1 amide bonds. The maximum Gasteiger partial charge on any atom is 0.219 e. The van der Waals surface area contributed by atoms with E-state index >= 15 is 0 Å². The van der Waals surface area contributed by atoms with E-state index in [1.807, 2.05) is 20.8 Å². The van der Waals surface area contributed by atoms with E-state index in [9.17, 15) is 14.4 Å². The summed E-state index contributed by atoms with van der Waals surface area (Å²) in [6, 6.07) is 0. The molecule has 102 valence electrons. The number of carbonyl (C=O) groups is 3. The van der Waals surface area contributed by atoms with Gasteiger partial charge < -0.3 is 14.9 Å². The first-order valence-corrected chi connectivity index (χ1v) is 6.04. The molecule has 17 heavy (non-hydrogen) atoms. The lowest BCUT2D eigenvalue weighted by molar-refractivity contribution is -0.120. The maximum atomic E-state index is 10.1. The Kier molecular flexibility index (Phi) is 21.4. The van der Waals surface area contributed by atoms with E-state index in [4.69, 9.17) is 0 Å². The molecule has 0 radical (unpaired) electrons. The van der Waals surface area contributed by atoms with Crippen molar-refractivity contribution in [3.8, 4) is 0 Å². The van der Waals surface area contributed by atoms with Crippen LogP contribution in [0, 0.1) is 0 Å². The third-order valence-electron chi connectivity index (χ3n) is 1.70. The Morgan fingerprint density at radius 2 is 1.29 bits per heavy atom. The van der Waals surface area contributed by atoms with Crippen molar-refractivity contribution in [1.82, 2.24) is 5.32 Å². The van der Waals surface area contributed by atoms with Gasteiger partial charge in [-0.15, -0.1) is 0 Å². The van der Waals surface area contributed by atoms with E-state index in [1.54, 1.807) is 20.9 Å². The number of hydrogen-bond acceptors (Lipinski definition) is 3. The number of carbonyl (C=O) groups excluding carboxylic acids is 3. The minimum Gasteiger partial charge on any atom is -0.359 e. The van der Waals surface area contributed by atoms with Gasteiger partial charge in [-0.2, -0.15) is 0 Å². The molecule has 0 heterocycles. The van der Waals surface area contributed by atoms with Crippen molar-refractivity contribution in [1.29, 1.82) is 0 Å². The zero-order chi connectivity index (χ0) is 14.3. The molecule has 0 atom stereocenters. The van der Waals surface area contributed by atoms with Crippen LogP contribution in [0.1, 0.15) is 60.3 Å². The second-order valence-electron chi connectivity index (χ2n) is 3.53. The predicted octanol–water partition coefficient (Wildman–Crippen LogP) is 2.50. The smallest absolute Gasteiger partial charge is 0.219 e. The van der Waals surface area contributed by atoms with Gasteiger partial charge in [-0.25, -0.2) is 0 Å². The fourth-order valence-corrected chi connectivity index (χ4v) is 0.529. The Bertz CT molecular complexity index is 207. The molecular formula is C13H27NO3. The van der Waals surface area contributed by atoms with Crippen molar-refractivity contribution in [2.75, 3.05) is 7.05 Å². The summed E-state index contributed by atoms with van der Waals surface area (Å²) in [5, 5.41) is 2.48. The Balaban J connectivity index is -0.000000174. The van der Waals surface area contributed by atoms with Crippen LogP contribution < -0.4 is 5.32 Å². The summed E-state index contributed by atoms with van der Waals surface area (Å²) in [6.45, 7) is 8.87. The summed E-state index contributed by atoms with van der Waals surface area (Å²) in [5.41, 5.74) is 0. The molecule has 0 spiro atoms. The van der Waals surface area contributed by atoms with E-state index in [0.717, 1.165) is 12.8 Å². The maximum absolute atomic E-state index is 10.1. The standard InChI is InChI=1S/C5H10O.C4H9NO.C4H8O/c1-3-4-5(2)6;1-3-4(6)5-2;1-3-4(2)5/h3-4H2,1-2H3;3H2,1-2H3,(H,5,6);3H2,1-2H3. The fraction of sp³-hybridized carbons (Fsp3) is 0.769. The molecule has 0 aromatic rings. The topological polar surface area (TPSA) is 63.2 Å². The normalized spacial score (nSPS) is 7.88. The van der Waals surface area contributed by atoms with Crippen LogP contribution in [-0.2, 0) is 14.4 Å². The summed E-state index contributed by atoms with van der Waals surface area (Å²) in [7, 11) is 1.63. The van der Waals surface area contributed by atoms with Crippen molar-refractivity contribution in [2.24, 2.45) is 0 Å². The zero-order valence-corrected chi connectivity index (χ0v) is 12.1. The summed E-state index contributed by atoms with van der Waals surface area (Å²) in [6.07, 6.45) is 2.96. The molecule has 1 N–H and O–H groups in total. The van der Waals surface area contributed by atoms with Crippen LogP contribution in [0.3, 0.4) is 0 Å². The first kappa shape index (κ1) is 21.1. The summed E-state index contributed by atoms with van der Waals surface area (Å²) in [4.78, 5) is 29.9. The Morgan fingerprint density at radius 1 is 0.882 bits per heavy atom. The minimum absolute atomic E-state index is 0.0926. The number of nitrogens with one attached hydrogen (secondary N) is 1. The predicted molar refractivity (Wildman–Crippen MR) is 70.9 cm³/mol. The average molecular weight is 245 g/mol. The summed E-state index contributed by atoms with van der Waals surface area (Å²) in [5.74, 6) is 0.637. The molecule has 0 saturated carbocycles. The lowest BCUT2D eigenvalue weighted by Crippen LogP contribution is -2.15. The number of amides is 1.